The smallest absolute Gasteiger partial charge is 0.314 e. The first-order chi connectivity index (χ1) is 6.72. The van der Waals surface area contributed by atoms with Crippen molar-refractivity contribution in [3.63, 3.8) is 0 Å². The molecule has 1 rings (SSSR count). The van der Waals surface area contributed by atoms with Crippen LogP contribution in [0.15, 0.2) is 0 Å². The molecule has 0 amide bonds. The van der Waals surface area contributed by atoms with Crippen LogP contribution in [0.5, 0.6) is 0 Å². The van der Waals surface area contributed by atoms with Crippen molar-refractivity contribution in [2.24, 2.45) is 5.92 Å². The van der Waals surface area contributed by atoms with Gasteiger partial charge in [-0.25, -0.2) is 13.1 Å². The van der Waals surface area contributed by atoms with Gasteiger partial charge in [-0.1, -0.05) is 0 Å². The number of sulfonamides is 1. The zero-order valence-corrected chi connectivity index (χ0v) is 8.95. The monoisotopic (exact) mass is 246 g/mol. The minimum absolute atomic E-state index is 0.0721. The van der Waals surface area contributed by atoms with Crippen LogP contribution in [-0.2, 0) is 10.0 Å². The van der Waals surface area contributed by atoms with E-state index in [1.54, 1.807) is 4.72 Å². The average Bonchev–Trinajstić information content (AvgIpc) is 2.46. The molecule has 2 N–H and O–H groups in total. The van der Waals surface area contributed by atoms with E-state index in [0.29, 0.717) is 13.0 Å². The number of rotatable bonds is 3. The van der Waals surface area contributed by atoms with Crippen molar-refractivity contribution in [3.8, 4) is 0 Å². The number of halogens is 3. The quantitative estimate of drug-likeness (QED) is 0.759. The van der Waals surface area contributed by atoms with Crippen LogP contribution in [0.2, 0.25) is 0 Å². The molecule has 2 atom stereocenters. The molecule has 1 heterocycles. The molecule has 4 nitrogen and oxygen atoms in total. The molecule has 0 aliphatic carbocycles. The van der Waals surface area contributed by atoms with Crippen molar-refractivity contribution in [2.45, 2.75) is 24.9 Å². The molecule has 1 aliphatic heterocycles. The molecular formula is C7H13F3N2O2S. The van der Waals surface area contributed by atoms with E-state index < -0.39 is 15.5 Å². The van der Waals surface area contributed by atoms with Crippen LogP contribution < -0.4 is 10.0 Å². The maximum Gasteiger partial charge on any atom is 0.511 e. The molecule has 0 aromatic carbocycles. The van der Waals surface area contributed by atoms with Gasteiger partial charge < -0.3 is 5.32 Å². The van der Waals surface area contributed by atoms with E-state index in [4.69, 9.17) is 0 Å². The van der Waals surface area contributed by atoms with Crippen molar-refractivity contribution in [2.75, 3.05) is 13.1 Å². The molecule has 1 fully saturated rings. The van der Waals surface area contributed by atoms with E-state index in [2.05, 4.69) is 5.32 Å². The fourth-order valence-electron chi connectivity index (χ4n) is 1.50. The van der Waals surface area contributed by atoms with Crippen molar-refractivity contribution < 1.29 is 21.6 Å². The lowest BCUT2D eigenvalue weighted by Gasteiger charge is -2.12. The van der Waals surface area contributed by atoms with Crippen molar-refractivity contribution in [1.29, 1.82) is 0 Å². The van der Waals surface area contributed by atoms with Crippen LogP contribution in [0.3, 0.4) is 0 Å². The lowest BCUT2D eigenvalue weighted by atomic mass is 10.1. The zero-order valence-electron chi connectivity index (χ0n) is 8.13. The summed E-state index contributed by atoms with van der Waals surface area (Å²) in [6.07, 6.45) is 0.681. The third-order valence-electron chi connectivity index (χ3n) is 2.31. The number of hydrogen-bond donors (Lipinski definition) is 2. The Morgan fingerprint density at radius 3 is 2.47 bits per heavy atom. The van der Waals surface area contributed by atoms with E-state index in [-0.39, 0.29) is 18.5 Å². The minimum Gasteiger partial charge on any atom is -0.314 e. The van der Waals surface area contributed by atoms with Gasteiger partial charge in [-0.2, -0.15) is 13.2 Å². The van der Waals surface area contributed by atoms with E-state index >= 15 is 0 Å². The third-order valence-corrected chi connectivity index (χ3v) is 3.46. The predicted molar refractivity (Wildman–Crippen MR) is 48.5 cm³/mol. The second-order valence-corrected chi connectivity index (χ2v) is 5.47. The molecule has 1 aliphatic rings. The predicted octanol–water partition coefficient (Wildman–Crippen LogP) is 0.424. The maximum atomic E-state index is 11.9. The Balaban J connectivity index is 2.44. The van der Waals surface area contributed by atoms with Crippen LogP contribution in [0.25, 0.3) is 0 Å². The summed E-state index contributed by atoms with van der Waals surface area (Å²) in [4.78, 5) is 0. The molecule has 90 valence electrons. The molecule has 0 saturated carbocycles. The van der Waals surface area contributed by atoms with Crippen molar-refractivity contribution >= 4 is 10.0 Å². The highest BCUT2D eigenvalue weighted by Gasteiger charge is 2.45. The summed E-state index contributed by atoms with van der Waals surface area (Å²) >= 11 is 0. The Morgan fingerprint density at radius 2 is 2.07 bits per heavy atom. The standard InChI is InChI=1S/C7H13F3N2O2S/c1-5-2-6(3-11-5)4-12-15(13,14)7(8,9)10/h5-6,11-12H,2-4H2,1H3/t5-,6-/m1/s1. The molecule has 0 bridgehead atoms. The minimum atomic E-state index is -5.22. The van der Waals surface area contributed by atoms with Crippen LogP contribution in [0.1, 0.15) is 13.3 Å². The topological polar surface area (TPSA) is 58.2 Å². The van der Waals surface area contributed by atoms with E-state index in [1.807, 2.05) is 6.92 Å². The van der Waals surface area contributed by atoms with Gasteiger partial charge >= 0.3 is 15.5 Å². The fourth-order valence-corrected chi connectivity index (χ4v) is 2.12. The molecular weight excluding hydrogens is 233 g/mol. The first-order valence-electron chi connectivity index (χ1n) is 4.51. The summed E-state index contributed by atoms with van der Waals surface area (Å²) in [5, 5.41) is 3.03. The highest BCUT2D eigenvalue weighted by atomic mass is 32.2. The molecule has 0 aromatic heterocycles. The van der Waals surface area contributed by atoms with E-state index in [9.17, 15) is 21.6 Å². The Hall–Kier alpha value is -0.340. The first-order valence-corrected chi connectivity index (χ1v) is 6.00. The Labute approximate surface area is 86.3 Å². The van der Waals surface area contributed by atoms with Crippen molar-refractivity contribution in [3.05, 3.63) is 0 Å². The SMILES string of the molecule is C[C@@H]1C[C@@H](CNS(=O)(=O)C(F)(F)F)CN1. The number of nitrogens with one attached hydrogen (secondary N) is 2. The number of alkyl halides is 3. The molecule has 0 unspecified atom stereocenters. The van der Waals surface area contributed by atoms with Gasteiger partial charge in [0.1, 0.15) is 0 Å². The summed E-state index contributed by atoms with van der Waals surface area (Å²) in [7, 11) is -5.18. The fraction of sp³-hybridized carbons (Fsp3) is 1.00. The largest absolute Gasteiger partial charge is 0.511 e. The van der Waals surface area contributed by atoms with Crippen LogP contribution in [0.4, 0.5) is 13.2 Å². The van der Waals surface area contributed by atoms with Gasteiger partial charge in [0.15, 0.2) is 0 Å². The van der Waals surface area contributed by atoms with E-state index in [1.165, 1.54) is 0 Å². The Bertz CT molecular complexity index is 315. The van der Waals surface area contributed by atoms with Crippen LogP contribution >= 0.6 is 0 Å². The lowest BCUT2D eigenvalue weighted by molar-refractivity contribution is -0.0448. The highest BCUT2D eigenvalue weighted by molar-refractivity contribution is 7.90. The first kappa shape index (κ1) is 12.7. The summed E-state index contributed by atoms with van der Waals surface area (Å²) in [6.45, 7) is 2.28. The number of hydrogen-bond acceptors (Lipinski definition) is 3. The Kier molecular flexibility index (Phi) is 3.62. The van der Waals surface area contributed by atoms with Gasteiger partial charge in [-0.15, -0.1) is 0 Å². The lowest BCUT2D eigenvalue weighted by Crippen LogP contribution is -2.39. The second kappa shape index (κ2) is 4.26. The van der Waals surface area contributed by atoms with Gasteiger partial charge in [0.05, 0.1) is 0 Å². The molecule has 15 heavy (non-hydrogen) atoms. The zero-order chi connectivity index (χ0) is 11.7. The summed E-state index contributed by atoms with van der Waals surface area (Å²) < 4.78 is 58.6. The van der Waals surface area contributed by atoms with Crippen LogP contribution in [-0.4, -0.2) is 33.1 Å². The van der Waals surface area contributed by atoms with Gasteiger partial charge in [-0.3, -0.25) is 0 Å². The summed E-state index contributed by atoms with van der Waals surface area (Å²) in [6, 6.07) is 0.227. The van der Waals surface area contributed by atoms with Crippen molar-refractivity contribution in [1.82, 2.24) is 10.0 Å². The van der Waals surface area contributed by atoms with Crippen LogP contribution in [0, 0.1) is 5.92 Å². The van der Waals surface area contributed by atoms with Gasteiger partial charge in [0.25, 0.3) is 0 Å². The maximum absolute atomic E-state index is 11.9. The van der Waals surface area contributed by atoms with E-state index in [0.717, 1.165) is 0 Å². The molecule has 0 spiro atoms. The highest BCUT2D eigenvalue weighted by Crippen LogP contribution is 2.22. The molecule has 8 heteroatoms. The Morgan fingerprint density at radius 1 is 1.47 bits per heavy atom. The molecule has 0 aromatic rings. The second-order valence-electron chi connectivity index (χ2n) is 3.71. The average molecular weight is 246 g/mol. The molecule has 1 saturated heterocycles. The van der Waals surface area contributed by atoms with Gasteiger partial charge in [0.2, 0.25) is 0 Å². The summed E-state index contributed by atoms with van der Waals surface area (Å²) in [5.41, 5.74) is -5.22. The third kappa shape index (κ3) is 3.32. The normalized spacial score (nSPS) is 28.3. The molecule has 0 radical (unpaired) electrons. The van der Waals surface area contributed by atoms with Gasteiger partial charge in [-0.05, 0) is 25.8 Å². The van der Waals surface area contributed by atoms with Gasteiger partial charge in [0, 0.05) is 12.6 Å². The summed E-state index contributed by atoms with van der Waals surface area (Å²) in [5.74, 6) is -0.0721.